The molecule has 0 unspecified atom stereocenters. The van der Waals surface area contributed by atoms with Crippen molar-refractivity contribution in [2.75, 3.05) is 11.2 Å². The second-order valence-electron chi connectivity index (χ2n) is 1.92. The molecule has 0 aliphatic heterocycles. The number of hydrazine groups is 1. The maximum absolute atomic E-state index is 5.51. The van der Waals surface area contributed by atoms with E-state index in [2.05, 4.69) is 21.4 Å². The molecule has 0 atom stereocenters. The van der Waals surface area contributed by atoms with Crippen LogP contribution >= 0.6 is 15.9 Å². The Morgan fingerprint density at radius 2 is 2.00 bits per heavy atom. The number of rotatable bonds is 1. The first kappa shape index (κ1) is 7.37. The Bertz CT molecular complexity index is 216. The average molecular weight is 202 g/mol. The highest BCUT2D eigenvalue weighted by Crippen LogP contribution is 2.19. The van der Waals surface area contributed by atoms with E-state index in [0.717, 1.165) is 10.2 Å². The molecule has 0 spiro atoms. The van der Waals surface area contributed by atoms with Crippen LogP contribution in [0.4, 0.5) is 11.4 Å². The summed E-state index contributed by atoms with van der Waals surface area (Å²) in [7, 11) is 0. The van der Waals surface area contributed by atoms with Gasteiger partial charge in [-0.15, -0.1) is 0 Å². The van der Waals surface area contributed by atoms with Crippen molar-refractivity contribution in [2.24, 2.45) is 5.84 Å². The molecular weight excluding hydrogens is 194 g/mol. The second kappa shape index (κ2) is 2.90. The van der Waals surface area contributed by atoms with Gasteiger partial charge in [-0.1, -0.05) is 15.9 Å². The Kier molecular flexibility index (Phi) is 2.13. The first-order valence-corrected chi connectivity index (χ1v) is 3.54. The molecule has 0 aromatic heterocycles. The summed E-state index contributed by atoms with van der Waals surface area (Å²) in [6.45, 7) is 0. The lowest BCUT2D eigenvalue weighted by atomic mass is 10.3. The van der Waals surface area contributed by atoms with Crippen LogP contribution in [0, 0.1) is 0 Å². The highest BCUT2D eigenvalue weighted by Gasteiger charge is 1.92. The summed E-state index contributed by atoms with van der Waals surface area (Å²) < 4.78 is 0.917. The molecule has 0 saturated heterocycles. The van der Waals surface area contributed by atoms with Gasteiger partial charge in [-0.25, -0.2) is 0 Å². The maximum Gasteiger partial charge on any atom is 0.0516 e. The second-order valence-corrected chi connectivity index (χ2v) is 2.83. The van der Waals surface area contributed by atoms with Gasteiger partial charge in [0.05, 0.1) is 5.69 Å². The monoisotopic (exact) mass is 201 g/mol. The van der Waals surface area contributed by atoms with E-state index in [4.69, 9.17) is 11.6 Å². The van der Waals surface area contributed by atoms with Crippen LogP contribution in [0.5, 0.6) is 0 Å². The van der Waals surface area contributed by atoms with Crippen molar-refractivity contribution in [3.8, 4) is 0 Å². The maximum atomic E-state index is 5.51. The van der Waals surface area contributed by atoms with Gasteiger partial charge in [-0.3, -0.25) is 5.84 Å². The van der Waals surface area contributed by atoms with Gasteiger partial charge in [0.1, 0.15) is 0 Å². The first-order chi connectivity index (χ1) is 4.72. The topological polar surface area (TPSA) is 64.1 Å². The number of hydrogen-bond donors (Lipinski definition) is 3. The first-order valence-electron chi connectivity index (χ1n) is 2.75. The molecule has 0 fully saturated rings. The zero-order chi connectivity index (χ0) is 7.56. The Labute approximate surface area is 67.5 Å². The third-order valence-electron chi connectivity index (χ3n) is 1.09. The van der Waals surface area contributed by atoms with Gasteiger partial charge in [0.25, 0.3) is 0 Å². The van der Waals surface area contributed by atoms with Crippen molar-refractivity contribution >= 4 is 27.3 Å². The molecule has 0 amide bonds. The number of nitrogen functional groups attached to an aromatic ring is 2. The van der Waals surface area contributed by atoms with Crippen LogP contribution in [0.25, 0.3) is 0 Å². The SMILES string of the molecule is NNc1cc(N)cc(Br)c1. The Morgan fingerprint density at radius 3 is 2.50 bits per heavy atom. The fourth-order valence-corrected chi connectivity index (χ4v) is 1.21. The number of nitrogens with two attached hydrogens (primary N) is 2. The van der Waals surface area contributed by atoms with Crippen LogP contribution < -0.4 is 17.0 Å². The van der Waals surface area contributed by atoms with Crippen LogP contribution in [-0.4, -0.2) is 0 Å². The van der Waals surface area contributed by atoms with E-state index in [-0.39, 0.29) is 0 Å². The van der Waals surface area contributed by atoms with Crippen molar-refractivity contribution in [3.63, 3.8) is 0 Å². The molecular formula is C6H8BrN3. The lowest BCUT2D eigenvalue weighted by molar-refractivity contribution is 1.35. The quantitative estimate of drug-likeness (QED) is 0.365. The number of anilines is 2. The van der Waals surface area contributed by atoms with Gasteiger partial charge >= 0.3 is 0 Å². The summed E-state index contributed by atoms with van der Waals surface area (Å²) in [6.07, 6.45) is 0. The van der Waals surface area contributed by atoms with E-state index < -0.39 is 0 Å². The molecule has 4 heteroatoms. The van der Waals surface area contributed by atoms with Crippen LogP contribution in [0.3, 0.4) is 0 Å². The highest BCUT2D eigenvalue weighted by atomic mass is 79.9. The normalized spacial score (nSPS) is 9.40. The van der Waals surface area contributed by atoms with Crippen LogP contribution in [0.15, 0.2) is 22.7 Å². The van der Waals surface area contributed by atoms with Gasteiger partial charge in [0.2, 0.25) is 0 Å². The summed E-state index contributed by atoms with van der Waals surface area (Å²) in [5.74, 6) is 5.16. The van der Waals surface area contributed by atoms with E-state index in [9.17, 15) is 0 Å². The highest BCUT2D eigenvalue weighted by molar-refractivity contribution is 9.10. The lowest BCUT2D eigenvalue weighted by Gasteiger charge is -2.01. The zero-order valence-corrected chi connectivity index (χ0v) is 6.85. The molecule has 1 aromatic carbocycles. The standard InChI is InChI=1S/C6H8BrN3/c7-4-1-5(8)3-6(2-4)10-9/h1-3,10H,8-9H2. The Morgan fingerprint density at radius 1 is 1.30 bits per heavy atom. The number of nitrogens with one attached hydrogen (secondary N) is 1. The third-order valence-corrected chi connectivity index (χ3v) is 1.54. The molecule has 0 heterocycles. The van der Waals surface area contributed by atoms with Gasteiger partial charge in [-0.05, 0) is 18.2 Å². The predicted molar refractivity (Wildman–Crippen MR) is 46.4 cm³/mol. The minimum absolute atomic E-state index is 0.683. The molecule has 10 heavy (non-hydrogen) atoms. The molecule has 3 nitrogen and oxygen atoms in total. The van der Waals surface area contributed by atoms with Crippen molar-refractivity contribution in [1.82, 2.24) is 0 Å². The molecule has 54 valence electrons. The van der Waals surface area contributed by atoms with Crippen LogP contribution in [-0.2, 0) is 0 Å². The predicted octanol–water partition coefficient (Wildman–Crippen LogP) is 1.32. The summed E-state index contributed by atoms with van der Waals surface area (Å²) in [6, 6.07) is 5.40. The fraction of sp³-hybridized carbons (Fsp3) is 0. The van der Waals surface area contributed by atoms with Crippen molar-refractivity contribution in [3.05, 3.63) is 22.7 Å². The van der Waals surface area contributed by atoms with Crippen molar-refractivity contribution < 1.29 is 0 Å². The minimum atomic E-state index is 0.683. The Balaban J connectivity index is 3.06. The smallest absolute Gasteiger partial charge is 0.0516 e. The van der Waals surface area contributed by atoms with E-state index in [1.165, 1.54) is 0 Å². The van der Waals surface area contributed by atoms with Gasteiger partial charge in [0, 0.05) is 10.2 Å². The van der Waals surface area contributed by atoms with E-state index >= 15 is 0 Å². The van der Waals surface area contributed by atoms with Gasteiger partial charge < -0.3 is 11.2 Å². The lowest BCUT2D eigenvalue weighted by Crippen LogP contribution is -2.06. The van der Waals surface area contributed by atoms with Gasteiger partial charge in [0.15, 0.2) is 0 Å². The molecule has 0 saturated carbocycles. The van der Waals surface area contributed by atoms with E-state index in [1.54, 1.807) is 12.1 Å². The molecule has 0 aliphatic carbocycles. The summed E-state index contributed by atoms with van der Waals surface area (Å²) >= 11 is 3.28. The molecule has 1 aromatic rings. The zero-order valence-electron chi connectivity index (χ0n) is 5.26. The van der Waals surface area contributed by atoms with E-state index in [1.807, 2.05) is 6.07 Å². The molecule has 1 rings (SSSR count). The van der Waals surface area contributed by atoms with Crippen molar-refractivity contribution in [2.45, 2.75) is 0 Å². The Hall–Kier alpha value is -0.740. The summed E-state index contributed by atoms with van der Waals surface area (Å²) in [5, 5.41) is 0. The summed E-state index contributed by atoms with van der Waals surface area (Å²) in [4.78, 5) is 0. The fourth-order valence-electron chi connectivity index (χ4n) is 0.696. The average Bonchev–Trinajstić information content (AvgIpc) is 1.85. The van der Waals surface area contributed by atoms with Gasteiger partial charge in [-0.2, -0.15) is 0 Å². The number of benzene rings is 1. The van der Waals surface area contributed by atoms with Crippen LogP contribution in [0.2, 0.25) is 0 Å². The number of halogens is 1. The largest absolute Gasteiger partial charge is 0.399 e. The summed E-state index contributed by atoms with van der Waals surface area (Å²) in [5.41, 5.74) is 9.49. The third kappa shape index (κ3) is 1.62. The molecule has 5 N–H and O–H groups in total. The van der Waals surface area contributed by atoms with Crippen molar-refractivity contribution in [1.29, 1.82) is 0 Å². The molecule has 0 aliphatic rings. The van der Waals surface area contributed by atoms with E-state index in [0.29, 0.717) is 5.69 Å². The minimum Gasteiger partial charge on any atom is -0.399 e. The number of hydrogen-bond acceptors (Lipinski definition) is 3. The van der Waals surface area contributed by atoms with Crippen LogP contribution in [0.1, 0.15) is 0 Å². The molecule has 0 bridgehead atoms. The molecule has 0 radical (unpaired) electrons.